The van der Waals surface area contributed by atoms with Gasteiger partial charge in [0.25, 0.3) is 23.6 Å². The summed E-state index contributed by atoms with van der Waals surface area (Å²) in [5.74, 6) is -0.725. The second kappa shape index (κ2) is 47.0. The van der Waals surface area contributed by atoms with E-state index in [4.69, 9.17) is 44.8 Å². The van der Waals surface area contributed by atoms with Gasteiger partial charge in [-0.25, -0.2) is 28.7 Å². The van der Waals surface area contributed by atoms with Crippen LogP contribution in [-0.4, -0.2) is 162 Å². The highest BCUT2D eigenvalue weighted by atomic mass is 79.9. The minimum atomic E-state index is -0.664. The molecule has 0 atom stereocenters. The normalized spacial score (nSPS) is 13.3. The number of pyridine rings is 4. The van der Waals surface area contributed by atoms with Crippen LogP contribution >= 0.6 is 55.1 Å². The van der Waals surface area contributed by atoms with E-state index in [9.17, 15) is 47.1 Å². The molecule has 8 heterocycles. The molecule has 0 unspecified atom stereocenters. The Hall–Kier alpha value is -13.8. The summed E-state index contributed by atoms with van der Waals surface area (Å²) in [6.07, 6.45) is 16.9. The molecule has 12 aromatic rings. The molecule has 4 aliphatic heterocycles. The molecule has 0 bridgehead atoms. The number of aromatic nitrogens is 4. The molecule has 4 saturated heterocycles. The third-order valence-corrected chi connectivity index (χ3v) is 24.4. The fraction of sp³-hybridized carbons (Fsp3) is 0.231. The number of carbonyl (C=O) groups is 8. The molecule has 134 heavy (non-hydrogen) atoms. The number of ketones is 4. The van der Waals surface area contributed by atoms with E-state index in [2.05, 4.69) is 82.9 Å². The molecule has 24 nitrogen and oxygen atoms in total. The van der Waals surface area contributed by atoms with Crippen LogP contribution < -0.4 is 21.3 Å². The maximum absolute atomic E-state index is 14.9. The Kier molecular flexibility index (Phi) is 34.3. The van der Waals surface area contributed by atoms with Gasteiger partial charge >= 0.3 is 0 Å². The van der Waals surface area contributed by atoms with Crippen LogP contribution in [0.25, 0.3) is 0 Å². The van der Waals surface area contributed by atoms with Crippen LogP contribution in [0.5, 0.6) is 0 Å². The molecular weight excluding hydrogens is 1870 g/mol. The van der Waals surface area contributed by atoms with Crippen molar-refractivity contribution in [3.8, 4) is 0 Å². The van der Waals surface area contributed by atoms with Gasteiger partial charge in [0.2, 0.25) is 0 Å². The van der Waals surface area contributed by atoms with Crippen molar-refractivity contribution in [2.45, 2.75) is 104 Å². The summed E-state index contributed by atoms with van der Waals surface area (Å²) in [4.78, 5) is 128. The summed E-state index contributed by atoms with van der Waals surface area (Å²) in [6.45, 7) is 10.6. The number of benzene rings is 8. The van der Waals surface area contributed by atoms with Gasteiger partial charge in [0, 0.05) is 167 Å². The largest absolute Gasteiger partial charge is 0.357 e. The van der Waals surface area contributed by atoms with E-state index in [1.54, 1.807) is 158 Å². The molecule has 30 heteroatoms. The topological polar surface area (TPSA) is 345 Å². The van der Waals surface area contributed by atoms with E-state index in [0.717, 1.165) is 141 Å². The smallest absolute Gasteiger partial charge is 0.257 e. The van der Waals surface area contributed by atoms with Gasteiger partial charge in [0.15, 0.2) is 23.1 Å². The Bertz CT molecular complexity index is 6350. The Labute approximate surface area is 802 Å². The minimum absolute atomic E-state index is 0.0556. The number of carbonyl (C=O) groups excluding carboxylic acids is 8. The Balaban J connectivity index is 0.000000152. The van der Waals surface area contributed by atoms with Gasteiger partial charge in [-0.1, -0.05) is 156 Å². The van der Waals surface area contributed by atoms with Gasteiger partial charge in [-0.15, -0.1) is 0 Å². The van der Waals surface area contributed by atoms with E-state index in [-0.39, 0.29) is 71.9 Å². The first-order chi connectivity index (χ1) is 64.6. The van der Waals surface area contributed by atoms with Crippen LogP contribution in [-0.2, 0) is 25.7 Å². The number of rotatable bonds is 24. The molecule has 684 valence electrons. The first kappa shape index (κ1) is 97.7. The van der Waals surface area contributed by atoms with Crippen LogP contribution in [0.1, 0.15) is 203 Å². The number of piperidine rings is 2. The number of likely N-dealkylation sites (tertiary alicyclic amines) is 4. The summed E-state index contributed by atoms with van der Waals surface area (Å²) in [5, 5.41) is 45.4. The molecule has 4 fully saturated rings. The molecule has 0 radical (unpaired) electrons. The number of nitrogens with one attached hydrogen (secondary N) is 8. The van der Waals surface area contributed by atoms with E-state index in [1.165, 1.54) is 43.1 Å². The lowest BCUT2D eigenvalue weighted by atomic mass is 9.96. The predicted octanol–water partition coefficient (Wildman–Crippen LogP) is 21.2. The highest BCUT2D eigenvalue weighted by Crippen LogP contribution is 2.28. The van der Waals surface area contributed by atoms with Gasteiger partial charge in [-0.05, 0) is 229 Å². The highest BCUT2D eigenvalue weighted by Gasteiger charge is 2.27. The fourth-order valence-corrected chi connectivity index (χ4v) is 16.5. The fourth-order valence-electron chi connectivity index (χ4n) is 15.8. The first-order valence-corrected chi connectivity index (χ1v) is 46.3. The number of aryl methyl sites for hydroxylation is 2. The number of Topliss-reactive ketones (excluding diaryl/α,β-unsaturated/α-hetero) is 4. The van der Waals surface area contributed by atoms with Crippen molar-refractivity contribution < 1.29 is 47.1 Å². The molecule has 8 N–H and O–H groups in total. The van der Waals surface area contributed by atoms with Gasteiger partial charge < -0.3 is 40.9 Å². The average Bonchev–Trinajstić information content (AvgIpc) is 1.54. The number of anilines is 4. The molecule has 0 saturated carbocycles. The Morgan fingerprint density at radius 2 is 0.582 bits per heavy atom. The number of nitrogens with zero attached hydrogens (tertiary/aromatic N) is 8. The summed E-state index contributed by atoms with van der Waals surface area (Å²) in [6, 6.07) is 60.8. The Morgan fingerprint density at radius 3 is 0.896 bits per heavy atom. The Morgan fingerprint density at radius 1 is 0.306 bits per heavy atom. The van der Waals surface area contributed by atoms with E-state index >= 15 is 0 Å². The average molecular weight is 1970 g/mol. The van der Waals surface area contributed by atoms with Crippen molar-refractivity contribution >= 4 is 148 Å². The van der Waals surface area contributed by atoms with Crippen LogP contribution in [0.3, 0.4) is 0 Å². The quantitative estimate of drug-likeness (QED) is 0.0158. The van der Waals surface area contributed by atoms with Crippen LogP contribution in [0, 0.1) is 47.1 Å². The van der Waals surface area contributed by atoms with Gasteiger partial charge in [-0.3, -0.25) is 60.0 Å². The van der Waals surface area contributed by atoms with Crippen LogP contribution in [0.15, 0.2) is 252 Å². The van der Waals surface area contributed by atoms with Gasteiger partial charge in [0.05, 0.1) is 21.2 Å². The number of amidine groups is 4. The summed E-state index contributed by atoms with van der Waals surface area (Å²) in [5.41, 5.74) is 9.16. The van der Waals surface area contributed by atoms with Crippen molar-refractivity contribution in [2.24, 2.45) is 0 Å². The van der Waals surface area contributed by atoms with E-state index in [1.807, 2.05) is 72.2 Å². The molecular formula is C104H98Br2Cl2F2N16O8. The van der Waals surface area contributed by atoms with Gasteiger partial charge in [0.1, 0.15) is 58.2 Å². The molecule has 4 aliphatic rings. The van der Waals surface area contributed by atoms with Crippen LogP contribution in [0.2, 0.25) is 10.0 Å². The zero-order valence-electron chi connectivity index (χ0n) is 73.8. The van der Waals surface area contributed by atoms with E-state index in [0.29, 0.717) is 112 Å². The van der Waals surface area contributed by atoms with Crippen molar-refractivity contribution in [1.82, 2.24) is 39.5 Å². The molecule has 16 rings (SSSR count). The van der Waals surface area contributed by atoms with Gasteiger partial charge in [-0.2, -0.15) is 0 Å². The van der Waals surface area contributed by atoms with Crippen LogP contribution in [0.4, 0.5) is 32.1 Å². The number of hydrogen-bond acceptors (Lipinski definition) is 16. The maximum atomic E-state index is 14.9. The molecule has 0 aliphatic carbocycles. The predicted molar refractivity (Wildman–Crippen MR) is 527 cm³/mol. The van der Waals surface area contributed by atoms with Crippen molar-refractivity contribution in [3.05, 3.63) is 374 Å². The van der Waals surface area contributed by atoms with E-state index < -0.39 is 35.0 Å². The summed E-state index contributed by atoms with van der Waals surface area (Å²) in [7, 11) is 0. The second-order valence-corrected chi connectivity index (χ2v) is 35.4. The standard InChI is InChI=1S/C27H27ClN4O2.C26H24BrFN4O2.C26H25ClN4O2.C25H22BrFN4O2/c1-18-5-6-21(23(15-18)27(34)31-25-12-11-22(28)17-30-25)16-24(33)19-7-9-20(10-8-19)26(29)32-13-3-2-4-14-32;27-19-9-11-24(30-16-19)31-26(34)20-7-3-2-6-17(20)15-23(33)21-10-8-18(14-22(21)28)25(29)32-12-4-1-5-13-32;1-17-4-5-20(22(14-17)26(33)30-24-11-10-21(27)16-29-24)15-23(32)18-6-8-19(9-7-18)25(28)31-12-2-3-13-31;26-18-8-10-23(29-15-18)30-25(33)19-6-2-1-5-16(19)14-22(32)20-9-7-17(13-21(20)27)24(28)31-11-3-4-12-31/h5-12,15,17,29H,2-4,13-14,16H2,1H3,(H,30,31,34);2-3,6-11,14,16,29H,1,4-5,12-13,15H2,(H,30,31,34);4-11,14,16,28H,2-3,12-13,15H2,1H3,(H,29,30,33);1-2,5-10,13,15,28H,3-4,11-12,14H2,(H,29,30,33). The first-order valence-electron chi connectivity index (χ1n) is 44.0. The lowest BCUT2D eigenvalue weighted by molar-refractivity contribution is 0.0976. The lowest BCUT2D eigenvalue weighted by Crippen LogP contribution is -2.35. The monoisotopic (exact) mass is 1960 g/mol. The summed E-state index contributed by atoms with van der Waals surface area (Å²) >= 11 is 18.3. The molecule has 8 aromatic carbocycles. The van der Waals surface area contributed by atoms with Crippen molar-refractivity contribution in [3.63, 3.8) is 0 Å². The molecule has 4 amide bonds. The van der Waals surface area contributed by atoms with Crippen molar-refractivity contribution in [1.29, 1.82) is 21.6 Å². The summed E-state index contributed by atoms with van der Waals surface area (Å²) < 4.78 is 31.3. The number of amides is 4. The number of hydrogen-bond donors (Lipinski definition) is 8. The SMILES string of the molecule is Cc1ccc(CC(=O)c2ccc(C(=N)N3CCCC3)cc2)c(C(=O)Nc2ccc(Cl)cn2)c1.Cc1ccc(CC(=O)c2ccc(C(=N)N3CCCCC3)cc2)c(C(=O)Nc2ccc(Cl)cn2)c1.N=C(c1ccc(C(=O)Cc2ccccc2C(=O)Nc2ccc(Br)cn2)c(F)c1)N1CCCC1.N=C(c1ccc(C(=O)Cc2ccccc2C(=O)Nc2ccc(Br)cn2)c(F)c1)N1CCCCC1. The van der Waals surface area contributed by atoms with Crippen molar-refractivity contribution in [2.75, 3.05) is 73.6 Å². The minimum Gasteiger partial charge on any atom is -0.357 e. The molecule has 0 spiro atoms. The maximum Gasteiger partial charge on any atom is 0.257 e. The second-order valence-electron chi connectivity index (χ2n) is 32.7. The highest BCUT2D eigenvalue weighted by molar-refractivity contribution is 9.10. The zero-order valence-corrected chi connectivity index (χ0v) is 78.4. The third-order valence-electron chi connectivity index (χ3n) is 23.1. The zero-order chi connectivity index (χ0) is 94.9. The third kappa shape index (κ3) is 26.8. The molecule has 4 aromatic heterocycles. The number of halogens is 6. The lowest BCUT2D eigenvalue weighted by Gasteiger charge is -2.29.